The fourth-order valence-electron chi connectivity index (χ4n) is 3.33. The summed E-state index contributed by atoms with van der Waals surface area (Å²) in [5.41, 5.74) is 3.99. The standard InChI is InChI=1S/C23H29N3O2S/c1-6-28-19-10-8-18(9-11-19)22(27)26(13-7-12-25(4)5)23-24-20-15-16(2)14-17(3)21(20)29-23/h8-11,14-15H,6-7,12-13H2,1-5H3. The van der Waals surface area contributed by atoms with E-state index in [2.05, 4.69) is 30.9 Å². The van der Waals surface area contributed by atoms with E-state index in [-0.39, 0.29) is 5.91 Å². The summed E-state index contributed by atoms with van der Waals surface area (Å²) in [6.07, 6.45) is 0.879. The Bertz CT molecular complexity index is 980. The van der Waals surface area contributed by atoms with Crippen molar-refractivity contribution < 1.29 is 9.53 Å². The van der Waals surface area contributed by atoms with Crippen LogP contribution in [0.25, 0.3) is 10.2 Å². The van der Waals surface area contributed by atoms with E-state index in [0.717, 1.165) is 34.1 Å². The lowest BCUT2D eigenvalue weighted by Crippen LogP contribution is -2.33. The number of benzene rings is 2. The van der Waals surface area contributed by atoms with E-state index >= 15 is 0 Å². The Labute approximate surface area is 176 Å². The SMILES string of the molecule is CCOc1ccc(C(=O)N(CCCN(C)C)c2nc3cc(C)cc(C)c3s2)cc1. The van der Waals surface area contributed by atoms with Gasteiger partial charge < -0.3 is 9.64 Å². The largest absolute Gasteiger partial charge is 0.494 e. The number of carbonyl (C=O) groups excluding carboxylic acids is 1. The minimum Gasteiger partial charge on any atom is -0.494 e. The smallest absolute Gasteiger partial charge is 0.260 e. The second-order valence-corrected chi connectivity index (χ2v) is 8.48. The molecule has 0 aliphatic heterocycles. The molecule has 6 heteroatoms. The van der Waals surface area contributed by atoms with Crippen molar-refractivity contribution in [2.45, 2.75) is 27.2 Å². The molecule has 0 aliphatic rings. The molecule has 29 heavy (non-hydrogen) atoms. The Balaban J connectivity index is 1.93. The minimum atomic E-state index is -0.0276. The molecule has 1 heterocycles. The molecule has 0 atom stereocenters. The number of rotatable bonds is 8. The van der Waals surface area contributed by atoms with Crippen molar-refractivity contribution in [1.82, 2.24) is 9.88 Å². The lowest BCUT2D eigenvalue weighted by Gasteiger charge is -2.21. The van der Waals surface area contributed by atoms with Crippen LogP contribution in [0.1, 0.15) is 34.8 Å². The van der Waals surface area contributed by atoms with Crippen molar-refractivity contribution in [3.05, 3.63) is 53.1 Å². The number of fused-ring (bicyclic) bond motifs is 1. The van der Waals surface area contributed by atoms with Crippen LogP contribution in [0.4, 0.5) is 5.13 Å². The monoisotopic (exact) mass is 411 g/mol. The average molecular weight is 412 g/mol. The van der Waals surface area contributed by atoms with Crippen molar-refractivity contribution in [3.8, 4) is 5.75 Å². The molecule has 1 aromatic heterocycles. The maximum Gasteiger partial charge on any atom is 0.260 e. The number of nitrogens with zero attached hydrogens (tertiary/aromatic N) is 3. The number of amides is 1. The summed E-state index contributed by atoms with van der Waals surface area (Å²) in [7, 11) is 4.09. The van der Waals surface area contributed by atoms with Crippen molar-refractivity contribution in [3.63, 3.8) is 0 Å². The van der Waals surface area contributed by atoms with E-state index in [1.807, 2.05) is 50.2 Å². The first-order chi connectivity index (χ1) is 13.9. The van der Waals surface area contributed by atoms with E-state index in [1.165, 1.54) is 11.1 Å². The third-order valence-corrected chi connectivity index (χ3v) is 5.91. The Morgan fingerprint density at radius 3 is 2.48 bits per heavy atom. The summed E-state index contributed by atoms with van der Waals surface area (Å²) in [5, 5.41) is 0.756. The topological polar surface area (TPSA) is 45.7 Å². The number of hydrogen-bond acceptors (Lipinski definition) is 5. The Morgan fingerprint density at radius 1 is 1.10 bits per heavy atom. The van der Waals surface area contributed by atoms with E-state index in [9.17, 15) is 4.79 Å². The third-order valence-electron chi connectivity index (χ3n) is 4.68. The number of carbonyl (C=O) groups is 1. The van der Waals surface area contributed by atoms with Crippen LogP contribution in [-0.4, -0.2) is 49.6 Å². The van der Waals surface area contributed by atoms with Crippen LogP contribution in [0.3, 0.4) is 0 Å². The van der Waals surface area contributed by atoms with Gasteiger partial charge in [0.25, 0.3) is 5.91 Å². The fraction of sp³-hybridized carbons (Fsp3) is 0.391. The molecule has 0 radical (unpaired) electrons. The summed E-state index contributed by atoms with van der Waals surface area (Å²) in [6, 6.07) is 11.6. The highest BCUT2D eigenvalue weighted by molar-refractivity contribution is 7.22. The molecule has 3 aromatic rings. The number of aryl methyl sites for hydroxylation is 2. The fourth-order valence-corrected chi connectivity index (χ4v) is 4.37. The lowest BCUT2D eigenvalue weighted by atomic mass is 10.1. The number of ether oxygens (including phenoxy) is 1. The van der Waals surface area contributed by atoms with Gasteiger partial charge in [0.1, 0.15) is 5.75 Å². The minimum absolute atomic E-state index is 0.0276. The third kappa shape index (κ3) is 5.14. The first-order valence-corrected chi connectivity index (χ1v) is 10.8. The summed E-state index contributed by atoms with van der Waals surface area (Å²) in [4.78, 5) is 22.1. The zero-order chi connectivity index (χ0) is 21.0. The number of anilines is 1. The van der Waals surface area contributed by atoms with Crippen LogP contribution in [-0.2, 0) is 0 Å². The van der Waals surface area contributed by atoms with E-state index in [0.29, 0.717) is 18.7 Å². The predicted octanol–water partition coefficient (Wildman–Crippen LogP) is 4.91. The van der Waals surface area contributed by atoms with Crippen molar-refractivity contribution in [1.29, 1.82) is 0 Å². The van der Waals surface area contributed by atoms with E-state index < -0.39 is 0 Å². The van der Waals surface area contributed by atoms with Crippen molar-refractivity contribution in [2.75, 3.05) is 38.7 Å². The molecule has 0 aliphatic carbocycles. The molecule has 0 saturated carbocycles. The predicted molar refractivity (Wildman–Crippen MR) is 122 cm³/mol. The molecule has 0 bridgehead atoms. The molecular formula is C23H29N3O2S. The molecule has 0 spiro atoms. The zero-order valence-corrected chi connectivity index (χ0v) is 18.7. The molecule has 0 unspecified atom stereocenters. The van der Waals surface area contributed by atoms with Gasteiger partial charge in [-0.15, -0.1) is 0 Å². The number of aromatic nitrogens is 1. The quantitative estimate of drug-likeness (QED) is 0.528. The number of thiazole rings is 1. The molecule has 0 saturated heterocycles. The van der Waals surface area contributed by atoms with Gasteiger partial charge in [-0.3, -0.25) is 9.69 Å². The highest BCUT2D eigenvalue weighted by atomic mass is 32.1. The van der Waals surface area contributed by atoms with E-state index in [4.69, 9.17) is 9.72 Å². The van der Waals surface area contributed by atoms with Crippen molar-refractivity contribution >= 4 is 32.6 Å². The van der Waals surface area contributed by atoms with Crippen LogP contribution in [0.15, 0.2) is 36.4 Å². The van der Waals surface area contributed by atoms with Crippen LogP contribution < -0.4 is 9.64 Å². The number of hydrogen-bond donors (Lipinski definition) is 0. The molecule has 5 nitrogen and oxygen atoms in total. The molecule has 154 valence electrons. The molecule has 0 fully saturated rings. The lowest BCUT2D eigenvalue weighted by molar-refractivity contribution is 0.0986. The molecule has 3 rings (SSSR count). The molecule has 2 aromatic carbocycles. The van der Waals surface area contributed by atoms with Gasteiger partial charge in [0.05, 0.1) is 16.8 Å². The summed E-state index contributed by atoms with van der Waals surface area (Å²) in [5.74, 6) is 0.745. The van der Waals surface area contributed by atoms with Gasteiger partial charge in [0.15, 0.2) is 5.13 Å². The van der Waals surface area contributed by atoms with Crippen molar-refractivity contribution in [2.24, 2.45) is 0 Å². The second kappa shape index (κ2) is 9.37. The van der Waals surface area contributed by atoms with Gasteiger partial charge in [0.2, 0.25) is 0 Å². The Kier molecular flexibility index (Phi) is 6.87. The van der Waals surface area contributed by atoms with Crippen LogP contribution in [0.2, 0.25) is 0 Å². The van der Waals surface area contributed by atoms with Gasteiger partial charge >= 0.3 is 0 Å². The first kappa shape index (κ1) is 21.3. The Morgan fingerprint density at radius 2 is 1.83 bits per heavy atom. The average Bonchev–Trinajstić information content (AvgIpc) is 3.09. The Hall–Kier alpha value is -2.44. The van der Waals surface area contributed by atoms with Gasteiger partial charge in [-0.2, -0.15) is 0 Å². The normalized spacial score (nSPS) is 11.2. The summed E-state index contributed by atoms with van der Waals surface area (Å²) >= 11 is 1.59. The van der Waals surface area contributed by atoms with Crippen LogP contribution >= 0.6 is 11.3 Å². The molecule has 0 N–H and O–H groups in total. The highest BCUT2D eigenvalue weighted by Crippen LogP contribution is 2.33. The summed E-state index contributed by atoms with van der Waals surface area (Å²) < 4.78 is 6.64. The van der Waals surface area contributed by atoms with Crippen LogP contribution in [0, 0.1) is 13.8 Å². The zero-order valence-electron chi connectivity index (χ0n) is 17.9. The van der Waals surface area contributed by atoms with Gasteiger partial charge in [-0.1, -0.05) is 17.4 Å². The summed E-state index contributed by atoms with van der Waals surface area (Å²) in [6.45, 7) is 8.27. The maximum absolute atomic E-state index is 13.4. The van der Waals surface area contributed by atoms with Gasteiger partial charge in [0, 0.05) is 12.1 Å². The van der Waals surface area contributed by atoms with E-state index in [1.54, 1.807) is 11.3 Å². The van der Waals surface area contributed by atoms with Gasteiger partial charge in [-0.25, -0.2) is 4.98 Å². The maximum atomic E-state index is 13.4. The molecular weight excluding hydrogens is 382 g/mol. The second-order valence-electron chi connectivity index (χ2n) is 7.50. The highest BCUT2D eigenvalue weighted by Gasteiger charge is 2.22. The van der Waals surface area contributed by atoms with Gasteiger partial charge in [-0.05, 0) is 89.3 Å². The molecule has 1 amide bonds. The first-order valence-electron chi connectivity index (χ1n) is 9.96. The van der Waals surface area contributed by atoms with Crippen LogP contribution in [0.5, 0.6) is 5.75 Å².